The molecule has 176 valence electrons. The molecular formula is C29H27N3O3. The van der Waals surface area contributed by atoms with Gasteiger partial charge in [-0.3, -0.25) is 4.98 Å². The lowest BCUT2D eigenvalue weighted by Crippen LogP contribution is -2.54. The van der Waals surface area contributed by atoms with Gasteiger partial charge in [-0.2, -0.15) is 0 Å². The average molecular weight is 466 g/mol. The molecule has 1 aliphatic heterocycles. The largest absolute Gasteiger partial charge is 0.487 e. The fourth-order valence-corrected chi connectivity index (χ4v) is 4.25. The highest BCUT2D eigenvalue weighted by atomic mass is 16.5. The highest BCUT2D eigenvalue weighted by Crippen LogP contribution is 2.37. The van der Waals surface area contributed by atoms with Gasteiger partial charge in [-0.15, -0.1) is 0 Å². The molecule has 5 rings (SSSR count). The number of anilines is 2. The van der Waals surface area contributed by atoms with Crippen molar-refractivity contribution < 1.29 is 14.3 Å². The second-order valence-electron chi connectivity index (χ2n) is 8.44. The Morgan fingerprint density at radius 3 is 2.49 bits per heavy atom. The predicted octanol–water partition coefficient (Wildman–Crippen LogP) is 5.41. The van der Waals surface area contributed by atoms with Gasteiger partial charge < -0.3 is 19.7 Å². The molecule has 0 radical (unpaired) electrons. The highest BCUT2D eigenvalue weighted by Gasteiger charge is 2.31. The van der Waals surface area contributed by atoms with E-state index in [1.165, 1.54) is 12.7 Å². The highest BCUT2D eigenvalue weighted by molar-refractivity contribution is 6.01. The normalized spacial score (nSPS) is 13.1. The Morgan fingerprint density at radius 1 is 0.971 bits per heavy atom. The van der Waals surface area contributed by atoms with Gasteiger partial charge in [0, 0.05) is 30.2 Å². The maximum absolute atomic E-state index is 12.5. The van der Waals surface area contributed by atoms with E-state index in [1.54, 1.807) is 6.20 Å². The zero-order valence-corrected chi connectivity index (χ0v) is 19.6. The lowest BCUT2D eigenvalue weighted by Gasteiger charge is -2.41. The van der Waals surface area contributed by atoms with Crippen molar-refractivity contribution in [2.75, 3.05) is 30.4 Å². The summed E-state index contributed by atoms with van der Waals surface area (Å²) in [6, 6.07) is 27.8. The minimum Gasteiger partial charge on any atom is -0.487 e. The summed E-state index contributed by atoms with van der Waals surface area (Å²) in [7, 11) is 1.41. The first-order chi connectivity index (χ1) is 17.2. The summed E-state index contributed by atoms with van der Waals surface area (Å²) in [5.74, 6) is 0.517. The molecule has 4 aromatic rings. The first-order valence-electron chi connectivity index (χ1n) is 11.6. The van der Waals surface area contributed by atoms with Crippen LogP contribution in [-0.2, 0) is 11.3 Å². The fraction of sp³-hybridized carbons (Fsp3) is 0.172. The van der Waals surface area contributed by atoms with Crippen molar-refractivity contribution in [3.8, 4) is 16.9 Å². The van der Waals surface area contributed by atoms with E-state index in [1.807, 2.05) is 72.9 Å². The zero-order valence-electron chi connectivity index (χ0n) is 19.6. The smallest absolute Gasteiger partial charge is 0.338 e. The third-order valence-corrected chi connectivity index (χ3v) is 6.08. The Bertz CT molecular complexity index is 1270. The molecule has 6 heteroatoms. The number of nitrogens with zero attached hydrogens (tertiary/aromatic N) is 2. The summed E-state index contributed by atoms with van der Waals surface area (Å²) in [4.78, 5) is 18.8. The number of esters is 1. The van der Waals surface area contributed by atoms with Crippen LogP contribution in [0.15, 0.2) is 97.3 Å². The standard InChI is InChI=1S/C29H27N3O3/c1-34-29(33)26-10-5-11-27(28(26)22-7-3-2-4-8-22)32-19-25(20-32)35-24-14-12-21(13-15-24)17-31-23-9-6-16-30-18-23/h2-16,18,25,31H,17,19-20H2,1H3. The molecule has 0 aliphatic carbocycles. The summed E-state index contributed by atoms with van der Waals surface area (Å²) < 4.78 is 11.2. The van der Waals surface area contributed by atoms with E-state index in [2.05, 4.69) is 33.4 Å². The van der Waals surface area contributed by atoms with Crippen LogP contribution in [0.2, 0.25) is 0 Å². The molecule has 1 fully saturated rings. The van der Waals surface area contributed by atoms with E-state index < -0.39 is 0 Å². The van der Waals surface area contributed by atoms with Crippen molar-refractivity contribution in [1.82, 2.24) is 4.98 Å². The summed E-state index contributed by atoms with van der Waals surface area (Å²) in [5, 5.41) is 3.36. The topological polar surface area (TPSA) is 63.7 Å². The molecule has 0 spiro atoms. The minimum absolute atomic E-state index is 0.0831. The van der Waals surface area contributed by atoms with E-state index >= 15 is 0 Å². The second kappa shape index (κ2) is 10.3. The average Bonchev–Trinajstić information content (AvgIpc) is 2.90. The number of ether oxygens (including phenoxy) is 2. The number of benzene rings is 3. The maximum Gasteiger partial charge on any atom is 0.338 e. The maximum atomic E-state index is 12.5. The number of rotatable bonds is 8. The van der Waals surface area contributed by atoms with Crippen molar-refractivity contribution in [3.63, 3.8) is 0 Å². The molecule has 0 bridgehead atoms. The van der Waals surface area contributed by atoms with Crippen molar-refractivity contribution in [3.05, 3.63) is 108 Å². The summed E-state index contributed by atoms with van der Waals surface area (Å²) in [6.07, 6.45) is 3.65. The number of nitrogens with one attached hydrogen (secondary N) is 1. The molecule has 0 atom stereocenters. The molecule has 0 saturated carbocycles. The molecule has 35 heavy (non-hydrogen) atoms. The zero-order chi connectivity index (χ0) is 24.0. The third kappa shape index (κ3) is 5.11. The van der Waals surface area contributed by atoms with Gasteiger partial charge in [0.2, 0.25) is 0 Å². The van der Waals surface area contributed by atoms with Crippen LogP contribution < -0.4 is 15.0 Å². The summed E-state index contributed by atoms with van der Waals surface area (Å²) >= 11 is 0. The van der Waals surface area contributed by atoms with E-state index in [0.29, 0.717) is 5.56 Å². The monoisotopic (exact) mass is 465 g/mol. The van der Waals surface area contributed by atoms with Gasteiger partial charge in [-0.1, -0.05) is 48.5 Å². The van der Waals surface area contributed by atoms with Crippen molar-refractivity contribution in [2.45, 2.75) is 12.6 Å². The van der Waals surface area contributed by atoms with Crippen molar-refractivity contribution in [2.24, 2.45) is 0 Å². The van der Waals surface area contributed by atoms with E-state index in [-0.39, 0.29) is 12.1 Å². The lowest BCUT2D eigenvalue weighted by atomic mass is 9.95. The number of carbonyl (C=O) groups is 1. The number of aromatic nitrogens is 1. The van der Waals surface area contributed by atoms with Crippen LogP contribution in [-0.4, -0.2) is 37.3 Å². The molecule has 6 nitrogen and oxygen atoms in total. The molecular weight excluding hydrogens is 438 g/mol. The summed E-state index contributed by atoms with van der Waals surface area (Å²) in [6.45, 7) is 2.21. The molecule has 1 N–H and O–H groups in total. The first kappa shape index (κ1) is 22.5. The number of hydrogen-bond donors (Lipinski definition) is 1. The molecule has 0 amide bonds. The van der Waals surface area contributed by atoms with Crippen LogP contribution in [0.1, 0.15) is 15.9 Å². The van der Waals surface area contributed by atoms with Crippen molar-refractivity contribution >= 4 is 17.3 Å². The van der Waals surface area contributed by atoms with Gasteiger partial charge in [-0.05, 0) is 47.5 Å². The van der Waals surface area contributed by atoms with E-state index in [0.717, 1.165) is 47.9 Å². The van der Waals surface area contributed by atoms with Crippen molar-refractivity contribution in [1.29, 1.82) is 0 Å². The van der Waals surface area contributed by atoms with Crippen LogP contribution >= 0.6 is 0 Å². The van der Waals surface area contributed by atoms with Crippen LogP contribution in [0.5, 0.6) is 5.75 Å². The SMILES string of the molecule is COC(=O)c1cccc(N2CC(Oc3ccc(CNc4cccnc4)cc3)C2)c1-c1ccccc1. The van der Waals surface area contributed by atoms with Gasteiger partial charge in [-0.25, -0.2) is 4.79 Å². The Labute approximate surface area is 205 Å². The molecule has 1 saturated heterocycles. The Kier molecular flexibility index (Phi) is 6.61. The lowest BCUT2D eigenvalue weighted by molar-refractivity contribution is 0.0601. The van der Waals surface area contributed by atoms with Crippen LogP contribution in [0, 0.1) is 0 Å². The first-order valence-corrected chi connectivity index (χ1v) is 11.6. The summed E-state index contributed by atoms with van der Waals surface area (Å²) in [5.41, 5.74) is 5.62. The predicted molar refractivity (Wildman–Crippen MR) is 138 cm³/mol. The molecule has 2 heterocycles. The third-order valence-electron chi connectivity index (χ3n) is 6.08. The Morgan fingerprint density at radius 2 is 1.77 bits per heavy atom. The van der Waals surface area contributed by atoms with Crippen LogP contribution in [0.3, 0.4) is 0 Å². The second-order valence-corrected chi connectivity index (χ2v) is 8.44. The minimum atomic E-state index is -0.336. The van der Waals surface area contributed by atoms with E-state index in [4.69, 9.17) is 9.47 Å². The van der Waals surface area contributed by atoms with Gasteiger partial charge in [0.1, 0.15) is 11.9 Å². The van der Waals surface area contributed by atoms with Gasteiger partial charge in [0.05, 0.1) is 31.5 Å². The molecule has 1 aliphatic rings. The number of hydrogen-bond acceptors (Lipinski definition) is 6. The molecule has 3 aromatic carbocycles. The Balaban J connectivity index is 1.24. The Hall–Kier alpha value is -4.32. The van der Waals surface area contributed by atoms with Gasteiger partial charge in [0.15, 0.2) is 0 Å². The van der Waals surface area contributed by atoms with Gasteiger partial charge >= 0.3 is 5.97 Å². The van der Waals surface area contributed by atoms with Gasteiger partial charge in [0.25, 0.3) is 0 Å². The van der Waals surface area contributed by atoms with E-state index in [9.17, 15) is 4.79 Å². The molecule has 0 unspecified atom stereocenters. The number of methoxy groups -OCH3 is 1. The van der Waals surface area contributed by atoms with Crippen LogP contribution in [0.25, 0.3) is 11.1 Å². The number of pyridine rings is 1. The molecule has 1 aromatic heterocycles. The van der Waals surface area contributed by atoms with Crippen LogP contribution in [0.4, 0.5) is 11.4 Å². The fourth-order valence-electron chi connectivity index (χ4n) is 4.25. The quantitative estimate of drug-likeness (QED) is 0.351. The number of carbonyl (C=O) groups excluding carboxylic acids is 1.